The number of aromatic nitrogens is 1. The van der Waals surface area contributed by atoms with Crippen molar-refractivity contribution in [3.05, 3.63) is 69.5 Å². The summed E-state index contributed by atoms with van der Waals surface area (Å²) < 4.78 is 7.12. The third kappa shape index (κ3) is 4.94. The molecule has 0 spiro atoms. The van der Waals surface area contributed by atoms with E-state index >= 15 is 0 Å². The fourth-order valence-electron chi connectivity index (χ4n) is 3.25. The van der Waals surface area contributed by atoms with Gasteiger partial charge in [-0.1, -0.05) is 43.6 Å². The Morgan fingerprint density at radius 1 is 1.17 bits per heavy atom. The Labute approximate surface area is 180 Å². The molecule has 0 aliphatic carbocycles. The van der Waals surface area contributed by atoms with E-state index in [1.54, 1.807) is 42.5 Å². The second-order valence-electron chi connectivity index (χ2n) is 7.46. The van der Waals surface area contributed by atoms with Crippen LogP contribution < -0.4 is 15.6 Å². The van der Waals surface area contributed by atoms with E-state index in [9.17, 15) is 14.7 Å². The van der Waals surface area contributed by atoms with Gasteiger partial charge in [0.2, 0.25) is 0 Å². The number of fused-ring (bicyclic) bond motifs is 1. The number of aromatic hydroxyl groups is 1. The van der Waals surface area contributed by atoms with E-state index < -0.39 is 17.2 Å². The van der Waals surface area contributed by atoms with Crippen molar-refractivity contribution in [1.29, 1.82) is 0 Å². The molecule has 0 aliphatic rings. The van der Waals surface area contributed by atoms with E-state index in [4.69, 9.17) is 16.3 Å². The monoisotopic (exact) mass is 428 g/mol. The number of nitrogens with one attached hydrogen (secondary N) is 1. The normalized spacial score (nSPS) is 11.1. The number of ether oxygens (including phenoxy) is 1. The molecule has 3 rings (SSSR count). The summed E-state index contributed by atoms with van der Waals surface area (Å²) in [6.45, 7) is 5.19. The van der Waals surface area contributed by atoms with Crippen LogP contribution in [0.1, 0.15) is 30.6 Å². The predicted molar refractivity (Wildman–Crippen MR) is 119 cm³/mol. The van der Waals surface area contributed by atoms with Gasteiger partial charge in [0.15, 0.2) is 5.75 Å². The van der Waals surface area contributed by atoms with Gasteiger partial charge in [0, 0.05) is 23.5 Å². The molecule has 0 saturated heterocycles. The molecule has 0 fully saturated rings. The third-order valence-electron chi connectivity index (χ3n) is 4.61. The van der Waals surface area contributed by atoms with Gasteiger partial charge in [-0.2, -0.15) is 0 Å². The first kappa shape index (κ1) is 21.7. The standard InChI is InChI=1S/C23H25ClN2O4/c1-15(2)14-26-19-7-4-3-6-18(19)20(21(27)23(26)29)22(28)25-12-5-13-30-17-10-8-16(24)9-11-17/h3-4,6-11,15,27H,5,12-14H2,1-2H3,(H,25,28). The Kier molecular flexibility index (Phi) is 7.00. The number of carbonyl (C=O) groups is 1. The van der Waals surface area contributed by atoms with Gasteiger partial charge < -0.3 is 19.7 Å². The Morgan fingerprint density at radius 2 is 1.87 bits per heavy atom. The molecular weight excluding hydrogens is 404 g/mol. The number of hydrogen-bond donors (Lipinski definition) is 2. The average Bonchev–Trinajstić information content (AvgIpc) is 2.72. The largest absolute Gasteiger partial charge is 0.502 e. The summed E-state index contributed by atoms with van der Waals surface area (Å²) in [5.41, 5.74) is 0.0815. The number of carbonyl (C=O) groups excluding carboxylic acids is 1. The lowest BCUT2D eigenvalue weighted by Gasteiger charge is -2.16. The third-order valence-corrected chi connectivity index (χ3v) is 4.86. The number of nitrogens with zero attached hydrogens (tertiary/aromatic N) is 1. The molecule has 0 bridgehead atoms. The molecule has 158 valence electrons. The molecule has 0 saturated carbocycles. The summed E-state index contributed by atoms with van der Waals surface area (Å²) in [7, 11) is 0. The van der Waals surface area contributed by atoms with E-state index in [0.29, 0.717) is 47.8 Å². The summed E-state index contributed by atoms with van der Waals surface area (Å²) in [6.07, 6.45) is 0.567. The maximum absolute atomic E-state index is 12.8. The molecular formula is C23H25ClN2O4. The number of pyridine rings is 1. The highest BCUT2D eigenvalue weighted by Crippen LogP contribution is 2.24. The van der Waals surface area contributed by atoms with E-state index in [-0.39, 0.29) is 11.5 Å². The quantitative estimate of drug-likeness (QED) is 0.526. The van der Waals surface area contributed by atoms with Gasteiger partial charge >= 0.3 is 0 Å². The summed E-state index contributed by atoms with van der Waals surface area (Å²) in [5.74, 6) is -0.0952. The van der Waals surface area contributed by atoms with Crippen molar-refractivity contribution in [1.82, 2.24) is 9.88 Å². The lowest BCUT2D eigenvalue weighted by Crippen LogP contribution is -2.30. The molecule has 1 heterocycles. The highest BCUT2D eigenvalue weighted by Gasteiger charge is 2.21. The van der Waals surface area contributed by atoms with Crippen molar-refractivity contribution < 1.29 is 14.6 Å². The maximum atomic E-state index is 12.8. The number of amides is 1. The molecule has 7 heteroatoms. The van der Waals surface area contributed by atoms with Gasteiger partial charge in [-0.05, 0) is 42.7 Å². The van der Waals surface area contributed by atoms with Crippen LogP contribution in [0.25, 0.3) is 10.9 Å². The molecule has 3 aromatic rings. The second-order valence-corrected chi connectivity index (χ2v) is 7.90. The summed E-state index contributed by atoms with van der Waals surface area (Å²) in [5, 5.41) is 14.5. The highest BCUT2D eigenvalue weighted by atomic mass is 35.5. The lowest BCUT2D eigenvalue weighted by molar-refractivity contribution is 0.0950. The first-order valence-electron chi connectivity index (χ1n) is 9.89. The number of rotatable bonds is 8. The van der Waals surface area contributed by atoms with Crippen LogP contribution in [-0.4, -0.2) is 28.7 Å². The molecule has 0 atom stereocenters. The minimum Gasteiger partial charge on any atom is -0.502 e. The molecule has 0 unspecified atom stereocenters. The van der Waals surface area contributed by atoms with Crippen molar-refractivity contribution in [2.45, 2.75) is 26.8 Å². The van der Waals surface area contributed by atoms with Crippen LogP contribution in [0.3, 0.4) is 0 Å². The Balaban J connectivity index is 1.71. The minimum absolute atomic E-state index is 0.00854. The van der Waals surface area contributed by atoms with E-state index in [1.165, 1.54) is 4.57 Å². The van der Waals surface area contributed by atoms with Crippen LogP contribution in [-0.2, 0) is 6.54 Å². The van der Waals surface area contributed by atoms with Crippen LogP contribution in [0.5, 0.6) is 11.5 Å². The van der Waals surface area contributed by atoms with Gasteiger partial charge in [0.1, 0.15) is 5.75 Å². The van der Waals surface area contributed by atoms with E-state index in [2.05, 4.69) is 5.32 Å². The van der Waals surface area contributed by atoms with Crippen molar-refractivity contribution >= 4 is 28.4 Å². The van der Waals surface area contributed by atoms with Gasteiger partial charge in [-0.15, -0.1) is 0 Å². The number of benzene rings is 2. The second kappa shape index (κ2) is 9.67. The fraction of sp³-hybridized carbons (Fsp3) is 0.304. The molecule has 0 radical (unpaired) electrons. The Morgan fingerprint density at radius 3 is 2.57 bits per heavy atom. The maximum Gasteiger partial charge on any atom is 0.294 e. The zero-order valence-electron chi connectivity index (χ0n) is 17.0. The zero-order valence-corrected chi connectivity index (χ0v) is 17.8. The number of halogens is 1. The highest BCUT2D eigenvalue weighted by molar-refractivity contribution is 6.30. The summed E-state index contributed by atoms with van der Waals surface area (Å²) in [4.78, 5) is 25.5. The number of para-hydroxylation sites is 1. The Hall–Kier alpha value is -2.99. The molecule has 1 aromatic heterocycles. The smallest absolute Gasteiger partial charge is 0.294 e. The van der Waals surface area contributed by atoms with Crippen LogP contribution in [0.4, 0.5) is 0 Å². The van der Waals surface area contributed by atoms with Gasteiger partial charge in [0.05, 0.1) is 17.7 Å². The summed E-state index contributed by atoms with van der Waals surface area (Å²) in [6, 6.07) is 14.2. The molecule has 30 heavy (non-hydrogen) atoms. The average molecular weight is 429 g/mol. The Bertz CT molecular complexity index is 1090. The van der Waals surface area contributed by atoms with Crippen LogP contribution in [0.2, 0.25) is 5.02 Å². The molecule has 1 amide bonds. The van der Waals surface area contributed by atoms with Crippen molar-refractivity contribution in [3.8, 4) is 11.5 Å². The van der Waals surface area contributed by atoms with E-state index in [1.807, 2.05) is 19.9 Å². The SMILES string of the molecule is CC(C)Cn1c(=O)c(O)c(C(=O)NCCCOc2ccc(Cl)cc2)c2ccccc21. The lowest BCUT2D eigenvalue weighted by atomic mass is 10.1. The van der Waals surface area contributed by atoms with Crippen molar-refractivity contribution in [2.24, 2.45) is 5.92 Å². The van der Waals surface area contributed by atoms with Gasteiger partial charge in [-0.25, -0.2) is 0 Å². The summed E-state index contributed by atoms with van der Waals surface area (Å²) >= 11 is 5.84. The molecule has 6 nitrogen and oxygen atoms in total. The first-order valence-corrected chi connectivity index (χ1v) is 10.3. The number of hydrogen-bond acceptors (Lipinski definition) is 4. The zero-order chi connectivity index (χ0) is 21.7. The van der Waals surface area contributed by atoms with Gasteiger partial charge in [-0.3, -0.25) is 9.59 Å². The fourth-order valence-corrected chi connectivity index (χ4v) is 3.38. The van der Waals surface area contributed by atoms with Crippen molar-refractivity contribution in [2.75, 3.05) is 13.2 Å². The minimum atomic E-state index is -0.557. The first-order chi connectivity index (χ1) is 14.4. The predicted octanol–water partition coefficient (Wildman–Crippen LogP) is 4.22. The van der Waals surface area contributed by atoms with Crippen molar-refractivity contribution in [3.63, 3.8) is 0 Å². The van der Waals surface area contributed by atoms with Crippen LogP contribution >= 0.6 is 11.6 Å². The van der Waals surface area contributed by atoms with Crippen LogP contribution in [0.15, 0.2) is 53.3 Å². The molecule has 2 N–H and O–H groups in total. The molecule has 2 aromatic carbocycles. The molecule has 0 aliphatic heterocycles. The van der Waals surface area contributed by atoms with E-state index in [0.717, 1.165) is 0 Å². The van der Waals surface area contributed by atoms with Gasteiger partial charge in [0.25, 0.3) is 11.5 Å². The topological polar surface area (TPSA) is 80.6 Å². The van der Waals surface area contributed by atoms with Crippen LogP contribution in [0, 0.1) is 5.92 Å².